The summed E-state index contributed by atoms with van der Waals surface area (Å²) in [7, 11) is 1.05. The van der Waals surface area contributed by atoms with E-state index in [1.165, 1.54) is 5.56 Å². The molecule has 0 amide bonds. The second-order valence-corrected chi connectivity index (χ2v) is 11.0. The summed E-state index contributed by atoms with van der Waals surface area (Å²) in [6.07, 6.45) is 0. The van der Waals surface area contributed by atoms with Gasteiger partial charge in [-0.1, -0.05) is 49.1 Å². The summed E-state index contributed by atoms with van der Waals surface area (Å²) in [4.78, 5) is 2.36. The molecule has 1 aromatic carbocycles. The predicted octanol–water partition coefficient (Wildman–Crippen LogP) is 3.07. The van der Waals surface area contributed by atoms with Gasteiger partial charge in [0.1, 0.15) is 0 Å². The molecule has 0 fully saturated rings. The van der Waals surface area contributed by atoms with E-state index in [1.807, 2.05) is 0 Å². The first kappa shape index (κ1) is 13.5. The second-order valence-electron chi connectivity index (χ2n) is 5.96. The Hall–Kier alpha value is -0.603. The summed E-state index contributed by atoms with van der Waals surface area (Å²) < 4.78 is 0. The largest absolute Gasteiger partial charge is 0.300 e. The minimum Gasteiger partial charge on any atom is -0.300 e. The van der Waals surface area contributed by atoms with Crippen LogP contribution in [0.15, 0.2) is 24.3 Å². The maximum atomic E-state index is 2.39. The lowest BCUT2D eigenvalue weighted by Gasteiger charge is -2.22. The number of rotatable bonds is 4. The molecule has 2 heteroatoms. The van der Waals surface area contributed by atoms with Crippen molar-refractivity contribution < 1.29 is 0 Å². The number of hydrogen-bond donors (Lipinski definition) is 0. The van der Waals surface area contributed by atoms with Gasteiger partial charge in [0.05, 0.1) is 8.07 Å². The summed E-state index contributed by atoms with van der Waals surface area (Å²) in [6, 6.07) is 9.81. The topological polar surface area (TPSA) is 3.24 Å². The summed E-state index contributed by atoms with van der Waals surface area (Å²) in [6.45, 7) is 12.7. The normalized spacial score (nSPS) is 12.5. The van der Waals surface area contributed by atoms with Crippen LogP contribution in [0.3, 0.4) is 0 Å². The standard InChI is InChI=1S/C14H25NSi/c1-12(2)15(3)11-13-7-9-14(10-8-13)16(4,5)6/h7-10,12H,11H2,1-6H3. The van der Waals surface area contributed by atoms with Gasteiger partial charge in [-0.05, 0) is 26.5 Å². The molecule has 0 spiro atoms. The van der Waals surface area contributed by atoms with E-state index in [2.05, 4.69) is 69.7 Å². The van der Waals surface area contributed by atoms with E-state index in [9.17, 15) is 0 Å². The first-order chi connectivity index (χ1) is 7.30. The smallest absolute Gasteiger partial charge is 0.0775 e. The third-order valence-corrected chi connectivity index (χ3v) is 5.20. The molecule has 0 atom stereocenters. The minimum atomic E-state index is -1.13. The molecule has 1 rings (SSSR count). The molecule has 0 aliphatic rings. The third kappa shape index (κ3) is 3.76. The van der Waals surface area contributed by atoms with Crippen LogP contribution in [0.1, 0.15) is 19.4 Å². The van der Waals surface area contributed by atoms with Gasteiger partial charge < -0.3 is 0 Å². The van der Waals surface area contributed by atoms with Crippen LogP contribution in [-0.4, -0.2) is 26.1 Å². The predicted molar refractivity (Wildman–Crippen MR) is 76.0 cm³/mol. The summed E-state index contributed by atoms with van der Waals surface area (Å²) in [5, 5.41) is 1.54. The first-order valence-corrected chi connectivity index (χ1v) is 9.60. The molecule has 1 aromatic rings. The van der Waals surface area contributed by atoms with Gasteiger partial charge in [-0.2, -0.15) is 0 Å². The van der Waals surface area contributed by atoms with Crippen molar-refractivity contribution >= 4 is 13.3 Å². The molecule has 1 nitrogen and oxygen atoms in total. The molecular weight excluding hydrogens is 210 g/mol. The zero-order valence-electron chi connectivity index (χ0n) is 11.5. The second kappa shape index (κ2) is 5.15. The van der Waals surface area contributed by atoms with E-state index >= 15 is 0 Å². The molecular formula is C14H25NSi. The highest BCUT2D eigenvalue weighted by Gasteiger charge is 2.15. The van der Waals surface area contributed by atoms with Crippen molar-refractivity contribution in [1.29, 1.82) is 0 Å². The van der Waals surface area contributed by atoms with Crippen molar-refractivity contribution in [3.8, 4) is 0 Å². The van der Waals surface area contributed by atoms with Gasteiger partial charge in [-0.15, -0.1) is 0 Å². The molecule has 0 saturated heterocycles. The van der Waals surface area contributed by atoms with Crippen LogP contribution in [0.2, 0.25) is 19.6 Å². The molecule has 0 saturated carbocycles. The number of benzene rings is 1. The lowest BCUT2D eigenvalue weighted by molar-refractivity contribution is 0.266. The maximum Gasteiger partial charge on any atom is 0.0775 e. The Morgan fingerprint density at radius 1 is 1.06 bits per heavy atom. The molecule has 90 valence electrons. The van der Waals surface area contributed by atoms with Gasteiger partial charge in [0.25, 0.3) is 0 Å². The van der Waals surface area contributed by atoms with E-state index in [-0.39, 0.29) is 0 Å². The van der Waals surface area contributed by atoms with E-state index < -0.39 is 8.07 Å². The zero-order chi connectivity index (χ0) is 12.3. The number of nitrogens with zero attached hydrogens (tertiary/aromatic N) is 1. The molecule has 0 radical (unpaired) electrons. The highest BCUT2D eigenvalue weighted by Crippen LogP contribution is 2.07. The van der Waals surface area contributed by atoms with Crippen molar-refractivity contribution in [1.82, 2.24) is 4.90 Å². The molecule has 0 aromatic heterocycles. The van der Waals surface area contributed by atoms with Gasteiger partial charge in [0, 0.05) is 12.6 Å². The minimum absolute atomic E-state index is 0.608. The molecule has 0 heterocycles. The Morgan fingerprint density at radius 3 is 1.94 bits per heavy atom. The zero-order valence-corrected chi connectivity index (χ0v) is 12.5. The molecule has 16 heavy (non-hydrogen) atoms. The lowest BCUT2D eigenvalue weighted by atomic mass is 10.2. The summed E-state index contributed by atoms with van der Waals surface area (Å²) >= 11 is 0. The Kier molecular flexibility index (Phi) is 4.33. The van der Waals surface area contributed by atoms with E-state index in [1.54, 1.807) is 5.19 Å². The van der Waals surface area contributed by atoms with Crippen molar-refractivity contribution in [3.63, 3.8) is 0 Å². The van der Waals surface area contributed by atoms with E-state index in [4.69, 9.17) is 0 Å². The van der Waals surface area contributed by atoms with Crippen molar-refractivity contribution in [2.45, 2.75) is 46.1 Å². The van der Waals surface area contributed by atoms with Crippen LogP contribution < -0.4 is 5.19 Å². The van der Waals surface area contributed by atoms with Crippen molar-refractivity contribution in [2.75, 3.05) is 7.05 Å². The van der Waals surface area contributed by atoms with Gasteiger partial charge in [-0.3, -0.25) is 4.90 Å². The van der Waals surface area contributed by atoms with Gasteiger partial charge >= 0.3 is 0 Å². The highest BCUT2D eigenvalue weighted by atomic mass is 28.3. The Morgan fingerprint density at radius 2 is 1.56 bits per heavy atom. The van der Waals surface area contributed by atoms with Gasteiger partial charge in [0.15, 0.2) is 0 Å². The molecule has 0 aliphatic carbocycles. The van der Waals surface area contributed by atoms with Crippen molar-refractivity contribution in [2.24, 2.45) is 0 Å². The Bertz CT molecular complexity index is 322. The van der Waals surface area contributed by atoms with Gasteiger partial charge in [0.2, 0.25) is 0 Å². The maximum absolute atomic E-state index is 2.39. The Labute approximate surface area is 101 Å². The van der Waals surface area contributed by atoms with Gasteiger partial charge in [-0.25, -0.2) is 0 Å². The summed E-state index contributed by atoms with van der Waals surface area (Å²) in [5.74, 6) is 0. The van der Waals surface area contributed by atoms with Crippen LogP contribution in [0.4, 0.5) is 0 Å². The third-order valence-electron chi connectivity index (χ3n) is 3.13. The van der Waals surface area contributed by atoms with Crippen LogP contribution in [-0.2, 0) is 6.54 Å². The molecule has 0 bridgehead atoms. The lowest BCUT2D eigenvalue weighted by Crippen LogP contribution is -2.37. The van der Waals surface area contributed by atoms with Crippen molar-refractivity contribution in [3.05, 3.63) is 29.8 Å². The molecule has 0 N–H and O–H groups in total. The fourth-order valence-corrected chi connectivity index (χ4v) is 2.75. The fourth-order valence-electron chi connectivity index (χ4n) is 1.58. The molecule has 0 unspecified atom stereocenters. The van der Waals surface area contributed by atoms with Crippen LogP contribution in [0.5, 0.6) is 0 Å². The Balaban J connectivity index is 2.72. The molecule has 0 aliphatic heterocycles. The summed E-state index contributed by atoms with van der Waals surface area (Å²) in [5.41, 5.74) is 1.42. The SMILES string of the molecule is CC(C)N(C)Cc1ccc([Si](C)(C)C)cc1. The quantitative estimate of drug-likeness (QED) is 0.725. The first-order valence-electron chi connectivity index (χ1n) is 6.10. The highest BCUT2D eigenvalue weighted by molar-refractivity contribution is 6.88. The van der Waals surface area contributed by atoms with E-state index in [0.29, 0.717) is 6.04 Å². The van der Waals surface area contributed by atoms with Crippen LogP contribution in [0.25, 0.3) is 0 Å². The van der Waals surface area contributed by atoms with Crippen LogP contribution >= 0.6 is 0 Å². The van der Waals surface area contributed by atoms with Crippen LogP contribution in [0, 0.1) is 0 Å². The average Bonchev–Trinajstić information content (AvgIpc) is 2.17. The van der Waals surface area contributed by atoms with E-state index in [0.717, 1.165) is 6.54 Å². The fraction of sp³-hybridized carbons (Fsp3) is 0.571. The average molecular weight is 235 g/mol. The monoisotopic (exact) mass is 235 g/mol. The number of hydrogen-bond acceptors (Lipinski definition) is 1.